The first-order valence-electron chi connectivity index (χ1n) is 6.07. The molecule has 5 heteroatoms. The van der Waals surface area contributed by atoms with E-state index in [1.165, 1.54) is 10.6 Å². The molecule has 0 atom stereocenters. The first-order chi connectivity index (χ1) is 8.39. The highest BCUT2D eigenvalue weighted by atomic mass is 16.3. The molecule has 2 rings (SSSR count). The third kappa shape index (κ3) is 2.61. The Kier molecular flexibility index (Phi) is 3.26. The van der Waals surface area contributed by atoms with E-state index in [0.29, 0.717) is 31.5 Å². The van der Waals surface area contributed by atoms with Gasteiger partial charge in [0.05, 0.1) is 5.60 Å². The number of nitrogens with zero attached hydrogens (tertiary/aromatic N) is 2. The molecule has 0 aromatic carbocycles. The molecule has 0 spiro atoms. The Morgan fingerprint density at radius 2 is 2.00 bits per heavy atom. The van der Waals surface area contributed by atoms with Gasteiger partial charge in [-0.1, -0.05) is 0 Å². The van der Waals surface area contributed by atoms with E-state index in [9.17, 15) is 14.7 Å². The highest BCUT2D eigenvalue weighted by Crippen LogP contribution is 2.22. The molecule has 1 aromatic rings. The Balaban J connectivity index is 2.12. The summed E-state index contributed by atoms with van der Waals surface area (Å²) in [6.45, 7) is 2.84. The molecule has 0 saturated carbocycles. The summed E-state index contributed by atoms with van der Waals surface area (Å²) in [5, 5.41) is 9.83. The first-order valence-corrected chi connectivity index (χ1v) is 6.07. The lowest BCUT2D eigenvalue weighted by Crippen LogP contribution is -2.45. The zero-order valence-corrected chi connectivity index (χ0v) is 10.7. The second-order valence-electron chi connectivity index (χ2n) is 5.15. The minimum Gasteiger partial charge on any atom is -0.390 e. The van der Waals surface area contributed by atoms with E-state index < -0.39 is 5.60 Å². The quantitative estimate of drug-likeness (QED) is 0.783. The lowest BCUT2D eigenvalue weighted by molar-refractivity contribution is -0.00203. The van der Waals surface area contributed by atoms with Gasteiger partial charge >= 0.3 is 0 Å². The second kappa shape index (κ2) is 4.57. The number of carbonyl (C=O) groups is 1. The maximum atomic E-state index is 12.2. The lowest BCUT2D eigenvalue weighted by atomic mass is 9.93. The molecule has 1 amide bonds. The second-order valence-corrected chi connectivity index (χ2v) is 5.15. The number of pyridine rings is 1. The highest BCUT2D eigenvalue weighted by Gasteiger charge is 2.29. The summed E-state index contributed by atoms with van der Waals surface area (Å²) in [6.07, 6.45) is 2.74. The van der Waals surface area contributed by atoms with E-state index in [1.54, 1.807) is 31.1 Å². The Bertz CT molecular complexity index is 509. The minimum atomic E-state index is -0.677. The molecule has 18 heavy (non-hydrogen) atoms. The van der Waals surface area contributed by atoms with Crippen molar-refractivity contribution in [3.05, 3.63) is 34.2 Å². The van der Waals surface area contributed by atoms with Crippen molar-refractivity contribution >= 4 is 5.91 Å². The molecule has 1 aliphatic rings. The number of amides is 1. The van der Waals surface area contributed by atoms with Crippen LogP contribution in [0.3, 0.4) is 0 Å². The Morgan fingerprint density at radius 1 is 1.39 bits per heavy atom. The molecule has 0 unspecified atom stereocenters. The molecule has 1 N–H and O–H groups in total. The Labute approximate surface area is 106 Å². The summed E-state index contributed by atoms with van der Waals surface area (Å²) in [7, 11) is 1.65. The molecule has 0 bridgehead atoms. The highest BCUT2D eigenvalue weighted by molar-refractivity contribution is 5.94. The largest absolute Gasteiger partial charge is 0.390 e. The Hall–Kier alpha value is -1.62. The number of rotatable bonds is 1. The van der Waals surface area contributed by atoms with Crippen LogP contribution in [-0.4, -0.2) is 39.2 Å². The minimum absolute atomic E-state index is 0.136. The summed E-state index contributed by atoms with van der Waals surface area (Å²) in [5.41, 5.74) is -0.451. The average molecular weight is 250 g/mol. The third-order valence-electron chi connectivity index (χ3n) is 3.48. The van der Waals surface area contributed by atoms with E-state index in [4.69, 9.17) is 0 Å². The molecule has 0 aliphatic carbocycles. The summed E-state index contributed by atoms with van der Waals surface area (Å²) < 4.78 is 1.43. The molecule has 2 heterocycles. The fourth-order valence-electron chi connectivity index (χ4n) is 2.06. The van der Waals surface area contributed by atoms with Crippen LogP contribution in [0.15, 0.2) is 23.1 Å². The van der Waals surface area contributed by atoms with E-state index in [0.717, 1.165) is 0 Å². The summed E-state index contributed by atoms with van der Waals surface area (Å²) in [6, 6.07) is 3.01. The van der Waals surface area contributed by atoms with Gasteiger partial charge in [-0.2, -0.15) is 0 Å². The van der Waals surface area contributed by atoms with Gasteiger partial charge in [0, 0.05) is 38.0 Å². The molecule has 1 aliphatic heterocycles. The van der Waals surface area contributed by atoms with E-state index in [1.807, 2.05) is 0 Å². The van der Waals surface area contributed by atoms with Gasteiger partial charge in [0.15, 0.2) is 0 Å². The van der Waals surface area contributed by atoms with Crippen molar-refractivity contribution in [3.8, 4) is 0 Å². The normalized spacial score (nSPS) is 18.7. The Morgan fingerprint density at radius 3 is 2.56 bits per heavy atom. The van der Waals surface area contributed by atoms with E-state index in [2.05, 4.69) is 0 Å². The van der Waals surface area contributed by atoms with Crippen LogP contribution in [0.5, 0.6) is 0 Å². The topological polar surface area (TPSA) is 62.5 Å². The number of aromatic nitrogens is 1. The molecule has 0 radical (unpaired) electrons. The summed E-state index contributed by atoms with van der Waals surface area (Å²) >= 11 is 0. The van der Waals surface area contributed by atoms with Crippen LogP contribution in [-0.2, 0) is 7.05 Å². The predicted octanol–water partition coefficient (Wildman–Crippen LogP) is 0.372. The molecule has 1 saturated heterocycles. The predicted molar refractivity (Wildman–Crippen MR) is 67.4 cm³/mol. The van der Waals surface area contributed by atoms with Crippen molar-refractivity contribution in [3.63, 3.8) is 0 Å². The standard InChI is InChI=1S/C13H18N2O3/c1-13(18)4-7-15(8-5-13)12(17)10-3-6-14(2)11(16)9-10/h3,6,9,18H,4-5,7-8H2,1-2H3. The maximum Gasteiger partial charge on any atom is 0.254 e. The zero-order chi connectivity index (χ0) is 13.3. The molecular weight excluding hydrogens is 232 g/mol. The van der Waals surface area contributed by atoms with Crippen LogP contribution in [0, 0.1) is 0 Å². The first kappa shape index (κ1) is 12.8. The van der Waals surface area contributed by atoms with Gasteiger partial charge < -0.3 is 14.6 Å². The fraction of sp³-hybridized carbons (Fsp3) is 0.538. The number of aryl methyl sites for hydroxylation is 1. The van der Waals surface area contributed by atoms with Gasteiger partial charge in [-0.05, 0) is 25.8 Å². The molecule has 5 nitrogen and oxygen atoms in total. The van der Waals surface area contributed by atoms with Crippen molar-refractivity contribution in [2.24, 2.45) is 7.05 Å². The molecule has 1 aromatic heterocycles. The number of likely N-dealkylation sites (tertiary alicyclic amines) is 1. The third-order valence-corrected chi connectivity index (χ3v) is 3.48. The molecule has 1 fully saturated rings. The van der Waals surface area contributed by atoms with E-state index in [-0.39, 0.29) is 11.5 Å². The fourth-order valence-corrected chi connectivity index (χ4v) is 2.06. The van der Waals surface area contributed by atoms with Crippen molar-refractivity contribution in [2.75, 3.05) is 13.1 Å². The number of aliphatic hydroxyl groups is 1. The zero-order valence-electron chi connectivity index (χ0n) is 10.7. The summed E-state index contributed by atoms with van der Waals surface area (Å²) in [5.74, 6) is -0.136. The lowest BCUT2D eigenvalue weighted by Gasteiger charge is -2.35. The maximum absolute atomic E-state index is 12.2. The van der Waals surface area contributed by atoms with Gasteiger partial charge in [-0.25, -0.2) is 0 Å². The molecule has 98 valence electrons. The van der Waals surface area contributed by atoms with Gasteiger partial charge in [0.2, 0.25) is 0 Å². The number of piperidine rings is 1. The van der Waals surface area contributed by atoms with Crippen LogP contribution < -0.4 is 5.56 Å². The number of carbonyl (C=O) groups excluding carboxylic acids is 1. The van der Waals surface area contributed by atoms with E-state index >= 15 is 0 Å². The van der Waals surface area contributed by atoms with Gasteiger partial charge in [-0.15, -0.1) is 0 Å². The van der Waals surface area contributed by atoms with Crippen molar-refractivity contribution in [1.29, 1.82) is 0 Å². The molecular formula is C13H18N2O3. The SMILES string of the molecule is Cn1ccc(C(=O)N2CCC(C)(O)CC2)cc1=O. The van der Waals surface area contributed by atoms with Crippen LogP contribution >= 0.6 is 0 Å². The van der Waals surface area contributed by atoms with Crippen LogP contribution in [0.2, 0.25) is 0 Å². The van der Waals surface area contributed by atoms with Gasteiger partial charge in [-0.3, -0.25) is 9.59 Å². The van der Waals surface area contributed by atoms with Crippen LogP contribution in [0.4, 0.5) is 0 Å². The van der Waals surface area contributed by atoms with Crippen molar-refractivity contribution in [2.45, 2.75) is 25.4 Å². The van der Waals surface area contributed by atoms with Crippen molar-refractivity contribution in [1.82, 2.24) is 9.47 Å². The smallest absolute Gasteiger partial charge is 0.254 e. The van der Waals surface area contributed by atoms with Crippen molar-refractivity contribution < 1.29 is 9.90 Å². The average Bonchev–Trinajstić information content (AvgIpc) is 2.32. The van der Waals surface area contributed by atoms with Crippen LogP contribution in [0.1, 0.15) is 30.1 Å². The van der Waals surface area contributed by atoms with Gasteiger partial charge in [0.25, 0.3) is 11.5 Å². The van der Waals surface area contributed by atoms with Gasteiger partial charge in [0.1, 0.15) is 0 Å². The number of hydrogen-bond donors (Lipinski definition) is 1. The summed E-state index contributed by atoms with van der Waals surface area (Å²) in [4.78, 5) is 25.3. The monoisotopic (exact) mass is 250 g/mol. The van der Waals surface area contributed by atoms with Crippen LogP contribution in [0.25, 0.3) is 0 Å². The number of hydrogen-bond acceptors (Lipinski definition) is 3.